The Morgan fingerprint density at radius 3 is 2.94 bits per heavy atom. The fraction of sp³-hybridized carbons (Fsp3) is 0.250. The second-order valence-electron chi connectivity index (χ2n) is 3.88. The Morgan fingerprint density at radius 2 is 2.25 bits per heavy atom. The fourth-order valence-electron chi connectivity index (χ4n) is 1.62. The van der Waals surface area contributed by atoms with Gasteiger partial charge in [-0.05, 0) is 30.2 Å². The lowest BCUT2D eigenvalue weighted by atomic mass is 10.00. The van der Waals surface area contributed by atoms with E-state index >= 15 is 0 Å². The molecule has 1 heterocycles. The van der Waals surface area contributed by atoms with E-state index in [0.29, 0.717) is 11.1 Å². The lowest BCUT2D eigenvalue weighted by Crippen LogP contribution is -2.12. The van der Waals surface area contributed by atoms with Crippen molar-refractivity contribution in [2.24, 2.45) is 5.92 Å². The van der Waals surface area contributed by atoms with E-state index in [2.05, 4.69) is 0 Å². The van der Waals surface area contributed by atoms with E-state index in [0.717, 1.165) is 5.39 Å². The number of hydrogen-bond acceptors (Lipinski definition) is 3. The van der Waals surface area contributed by atoms with Gasteiger partial charge in [0.1, 0.15) is 11.3 Å². The zero-order chi connectivity index (χ0) is 11.7. The fourth-order valence-corrected chi connectivity index (χ4v) is 1.62. The zero-order valence-electron chi connectivity index (χ0n) is 8.80. The summed E-state index contributed by atoms with van der Waals surface area (Å²) in [5.74, 6) is -1.29. The second-order valence-corrected chi connectivity index (χ2v) is 3.88. The topological polar surface area (TPSA) is 70.7 Å². The van der Waals surface area contributed by atoms with Crippen LogP contribution in [0.5, 0.6) is 5.75 Å². The molecule has 2 N–H and O–H groups in total. The highest BCUT2D eigenvalue weighted by atomic mass is 16.4. The van der Waals surface area contributed by atoms with Gasteiger partial charge in [-0.1, -0.05) is 6.92 Å². The Labute approximate surface area is 92.1 Å². The molecule has 1 unspecified atom stereocenters. The van der Waals surface area contributed by atoms with E-state index in [1.54, 1.807) is 25.1 Å². The van der Waals surface area contributed by atoms with E-state index in [4.69, 9.17) is 9.52 Å². The molecule has 1 aromatic heterocycles. The molecule has 0 aliphatic heterocycles. The van der Waals surface area contributed by atoms with Gasteiger partial charge in [0.25, 0.3) is 0 Å². The number of phenols is 1. The largest absolute Gasteiger partial charge is 0.508 e. The minimum Gasteiger partial charge on any atom is -0.508 e. The number of aliphatic carboxylic acids is 1. The van der Waals surface area contributed by atoms with Crippen LogP contribution in [0.15, 0.2) is 28.9 Å². The van der Waals surface area contributed by atoms with E-state index in [1.807, 2.05) is 0 Å². The number of furan rings is 1. The molecule has 1 atom stereocenters. The van der Waals surface area contributed by atoms with E-state index < -0.39 is 11.9 Å². The Bertz CT molecular complexity index is 527. The summed E-state index contributed by atoms with van der Waals surface area (Å²) in [5.41, 5.74) is 1.25. The van der Waals surface area contributed by atoms with E-state index in [-0.39, 0.29) is 12.2 Å². The molecular formula is C12H12O4. The first kappa shape index (κ1) is 10.5. The molecule has 16 heavy (non-hydrogen) atoms. The molecule has 4 nitrogen and oxygen atoms in total. The van der Waals surface area contributed by atoms with Gasteiger partial charge < -0.3 is 14.6 Å². The highest BCUT2D eigenvalue weighted by molar-refractivity contribution is 5.80. The molecular weight excluding hydrogens is 208 g/mol. The van der Waals surface area contributed by atoms with Gasteiger partial charge in [-0.3, -0.25) is 4.79 Å². The molecule has 0 fully saturated rings. The van der Waals surface area contributed by atoms with Gasteiger partial charge in [0.15, 0.2) is 0 Å². The standard InChI is InChI=1S/C12H12O4/c1-7(12(14)15)4-9-6-11-8(2-3-16-11)5-10(9)13/h2-3,5-7,13H,4H2,1H3,(H,14,15). The molecule has 0 aliphatic carbocycles. The van der Waals surface area contributed by atoms with Gasteiger partial charge in [0.2, 0.25) is 0 Å². The van der Waals surface area contributed by atoms with Gasteiger partial charge >= 0.3 is 5.97 Å². The number of fused-ring (bicyclic) bond motifs is 1. The normalized spacial score (nSPS) is 12.8. The molecule has 0 amide bonds. The average Bonchev–Trinajstić information content (AvgIpc) is 2.65. The van der Waals surface area contributed by atoms with Crippen molar-refractivity contribution in [2.45, 2.75) is 13.3 Å². The summed E-state index contributed by atoms with van der Waals surface area (Å²) in [7, 11) is 0. The monoisotopic (exact) mass is 220 g/mol. The molecule has 1 aromatic carbocycles. The van der Waals surface area contributed by atoms with E-state index in [1.165, 1.54) is 6.26 Å². The Hall–Kier alpha value is -1.97. The second kappa shape index (κ2) is 3.89. The van der Waals surface area contributed by atoms with E-state index in [9.17, 15) is 9.90 Å². The minimum atomic E-state index is -0.876. The van der Waals surface area contributed by atoms with Crippen LogP contribution in [0.2, 0.25) is 0 Å². The van der Waals surface area contributed by atoms with Gasteiger partial charge in [0.05, 0.1) is 12.2 Å². The average molecular weight is 220 g/mol. The smallest absolute Gasteiger partial charge is 0.306 e. The number of carboxylic acids is 1. The summed E-state index contributed by atoms with van der Waals surface area (Å²) in [6.45, 7) is 1.61. The SMILES string of the molecule is CC(Cc1cc2occc2cc1O)C(=O)O. The third-order valence-corrected chi connectivity index (χ3v) is 2.60. The third kappa shape index (κ3) is 1.86. The van der Waals surface area contributed by atoms with Crippen LogP contribution < -0.4 is 0 Å². The number of carbonyl (C=O) groups is 1. The highest BCUT2D eigenvalue weighted by Crippen LogP contribution is 2.27. The minimum absolute atomic E-state index is 0.113. The molecule has 0 saturated heterocycles. The first-order valence-corrected chi connectivity index (χ1v) is 5.00. The highest BCUT2D eigenvalue weighted by Gasteiger charge is 2.15. The van der Waals surface area contributed by atoms with Crippen molar-refractivity contribution in [3.63, 3.8) is 0 Å². The molecule has 2 rings (SSSR count). The van der Waals surface area contributed by atoms with Crippen molar-refractivity contribution in [2.75, 3.05) is 0 Å². The maximum absolute atomic E-state index is 10.7. The molecule has 0 saturated carbocycles. The Kier molecular flexibility index (Phi) is 2.56. The number of phenolic OH excluding ortho intramolecular Hbond substituents is 1. The Morgan fingerprint density at radius 1 is 1.50 bits per heavy atom. The third-order valence-electron chi connectivity index (χ3n) is 2.60. The first-order valence-electron chi connectivity index (χ1n) is 5.00. The number of benzene rings is 1. The molecule has 2 aromatic rings. The van der Waals surface area contributed by atoms with Crippen LogP contribution in [0, 0.1) is 5.92 Å². The maximum Gasteiger partial charge on any atom is 0.306 e. The summed E-state index contributed by atoms with van der Waals surface area (Å²) in [4.78, 5) is 10.7. The lowest BCUT2D eigenvalue weighted by Gasteiger charge is -2.07. The van der Waals surface area contributed by atoms with Crippen LogP contribution in [-0.2, 0) is 11.2 Å². The lowest BCUT2D eigenvalue weighted by molar-refractivity contribution is -0.141. The summed E-state index contributed by atoms with van der Waals surface area (Å²) >= 11 is 0. The summed E-state index contributed by atoms with van der Waals surface area (Å²) in [6, 6.07) is 5.02. The van der Waals surface area contributed by atoms with Gasteiger partial charge in [-0.15, -0.1) is 0 Å². The van der Waals surface area contributed by atoms with Crippen molar-refractivity contribution in [1.29, 1.82) is 0 Å². The molecule has 84 valence electrons. The van der Waals surface area contributed by atoms with Crippen molar-refractivity contribution in [3.8, 4) is 5.75 Å². The summed E-state index contributed by atoms with van der Waals surface area (Å²) < 4.78 is 5.20. The van der Waals surface area contributed by atoms with Gasteiger partial charge in [0, 0.05) is 5.39 Å². The number of aromatic hydroxyl groups is 1. The van der Waals surface area contributed by atoms with Crippen LogP contribution in [0.4, 0.5) is 0 Å². The Balaban J connectivity index is 2.36. The molecule has 4 heteroatoms. The van der Waals surface area contributed by atoms with Gasteiger partial charge in [-0.25, -0.2) is 0 Å². The zero-order valence-corrected chi connectivity index (χ0v) is 8.80. The molecule has 0 spiro atoms. The molecule has 0 aliphatic rings. The molecule has 0 radical (unpaired) electrons. The van der Waals surface area contributed by atoms with Crippen LogP contribution in [0.25, 0.3) is 11.0 Å². The van der Waals surface area contributed by atoms with Crippen molar-refractivity contribution < 1.29 is 19.4 Å². The summed E-state index contributed by atoms with van der Waals surface area (Å²) in [5, 5.41) is 19.3. The first-order chi connectivity index (χ1) is 7.58. The number of rotatable bonds is 3. The number of hydrogen-bond donors (Lipinski definition) is 2. The summed E-state index contributed by atoms with van der Waals surface area (Å²) in [6.07, 6.45) is 1.83. The van der Waals surface area contributed by atoms with Crippen molar-refractivity contribution in [3.05, 3.63) is 30.0 Å². The van der Waals surface area contributed by atoms with Crippen LogP contribution in [0.3, 0.4) is 0 Å². The maximum atomic E-state index is 10.7. The number of carboxylic acid groups (broad SMARTS) is 1. The van der Waals surface area contributed by atoms with Gasteiger partial charge in [-0.2, -0.15) is 0 Å². The van der Waals surface area contributed by atoms with Crippen LogP contribution in [0.1, 0.15) is 12.5 Å². The predicted molar refractivity (Wildman–Crippen MR) is 58.4 cm³/mol. The predicted octanol–water partition coefficient (Wildman–Crippen LogP) is 2.40. The quantitative estimate of drug-likeness (QED) is 0.833. The van der Waals surface area contributed by atoms with Crippen LogP contribution >= 0.6 is 0 Å². The van der Waals surface area contributed by atoms with Crippen LogP contribution in [-0.4, -0.2) is 16.2 Å². The molecule has 0 bridgehead atoms. The van der Waals surface area contributed by atoms with Crippen molar-refractivity contribution in [1.82, 2.24) is 0 Å². The van der Waals surface area contributed by atoms with Crippen molar-refractivity contribution >= 4 is 16.9 Å².